The second-order valence-electron chi connectivity index (χ2n) is 5.48. The van der Waals surface area contributed by atoms with Gasteiger partial charge in [-0.15, -0.1) is 0 Å². The summed E-state index contributed by atoms with van der Waals surface area (Å²) in [6.45, 7) is 13.7. The molecule has 0 aromatic heterocycles. The summed E-state index contributed by atoms with van der Waals surface area (Å²) in [5.74, 6) is 0.899. The molecular formula is C17H38N4O. The second kappa shape index (κ2) is 16.6. The summed E-state index contributed by atoms with van der Waals surface area (Å²) in [6, 6.07) is 0. The van der Waals surface area contributed by atoms with E-state index in [-0.39, 0.29) is 0 Å². The van der Waals surface area contributed by atoms with Crippen LogP contribution in [0.3, 0.4) is 0 Å². The quantitative estimate of drug-likeness (QED) is 0.294. The molecule has 0 heterocycles. The van der Waals surface area contributed by atoms with Gasteiger partial charge in [0.1, 0.15) is 0 Å². The molecule has 0 fully saturated rings. The van der Waals surface area contributed by atoms with Crippen molar-refractivity contribution >= 4 is 5.96 Å². The van der Waals surface area contributed by atoms with Crippen LogP contribution in [0.2, 0.25) is 0 Å². The van der Waals surface area contributed by atoms with E-state index in [0.29, 0.717) is 0 Å². The molecule has 0 aliphatic rings. The van der Waals surface area contributed by atoms with E-state index in [4.69, 9.17) is 4.74 Å². The molecule has 0 aromatic carbocycles. The minimum atomic E-state index is 0.827. The third kappa shape index (κ3) is 12.9. The fourth-order valence-corrected chi connectivity index (χ4v) is 2.16. The second-order valence-corrected chi connectivity index (χ2v) is 5.48. The number of hydrogen-bond donors (Lipinski definition) is 2. The smallest absolute Gasteiger partial charge is 0.190 e. The van der Waals surface area contributed by atoms with Gasteiger partial charge in [-0.05, 0) is 45.3 Å². The van der Waals surface area contributed by atoms with Crippen molar-refractivity contribution in [1.82, 2.24) is 15.5 Å². The lowest BCUT2D eigenvalue weighted by Gasteiger charge is -2.18. The third-order valence-electron chi connectivity index (χ3n) is 3.71. The van der Waals surface area contributed by atoms with E-state index in [1.807, 2.05) is 7.05 Å². The average molecular weight is 315 g/mol. The van der Waals surface area contributed by atoms with Crippen LogP contribution in [0.1, 0.15) is 52.9 Å². The van der Waals surface area contributed by atoms with Crippen LogP contribution in [0.15, 0.2) is 4.99 Å². The Balaban J connectivity index is 3.48. The van der Waals surface area contributed by atoms with Crippen LogP contribution in [-0.4, -0.2) is 63.8 Å². The van der Waals surface area contributed by atoms with Crippen molar-refractivity contribution in [2.24, 2.45) is 4.99 Å². The van der Waals surface area contributed by atoms with Crippen LogP contribution in [-0.2, 0) is 4.74 Å². The molecule has 0 amide bonds. The molecule has 132 valence electrons. The lowest BCUT2D eigenvalue weighted by atomic mass is 10.3. The summed E-state index contributed by atoms with van der Waals surface area (Å²) in [6.07, 6.45) is 5.79. The zero-order valence-corrected chi connectivity index (χ0v) is 15.3. The highest BCUT2D eigenvalue weighted by atomic mass is 16.5. The average Bonchev–Trinajstić information content (AvgIpc) is 2.55. The molecule has 0 rings (SSSR count). The van der Waals surface area contributed by atoms with Crippen molar-refractivity contribution in [1.29, 1.82) is 0 Å². The van der Waals surface area contributed by atoms with Crippen molar-refractivity contribution in [2.45, 2.75) is 52.9 Å². The Morgan fingerprint density at radius 1 is 0.909 bits per heavy atom. The van der Waals surface area contributed by atoms with E-state index in [1.165, 1.54) is 25.8 Å². The molecule has 0 atom stereocenters. The highest BCUT2D eigenvalue weighted by Gasteiger charge is 1.99. The Labute approximate surface area is 137 Å². The van der Waals surface area contributed by atoms with E-state index >= 15 is 0 Å². The molecular weight excluding hydrogens is 276 g/mol. The van der Waals surface area contributed by atoms with Gasteiger partial charge in [-0.2, -0.15) is 0 Å². The Kier molecular flexibility index (Phi) is 15.9. The third-order valence-corrected chi connectivity index (χ3v) is 3.71. The minimum absolute atomic E-state index is 0.827. The van der Waals surface area contributed by atoms with Crippen molar-refractivity contribution in [2.75, 3.05) is 53.0 Å². The van der Waals surface area contributed by atoms with E-state index in [9.17, 15) is 0 Å². The summed E-state index contributed by atoms with van der Waals surface area (Å²) in [5.41, 5.74) is 0. The Bertz CT molecular complexity index is 255. The van der Waals surface area contributed by atoms with Gasteiger partial charge >= 0.3 is 0 Å². The SMILES string of the molecule is CCCCOCCCNC(=NC)NCCCCN(CC)CC. The first kappa shape index (κ1) is 21.2. The van der Waals surface area contributed by atoms with Crippen LogP contribution >= 0.6 is 0 Å². The van der Waals surface area contributed by atoms with Gasteiger partial charge in [-0.3, -0.25) is 4.99 Å². The molecule has 5 heteroatoms. The number of rotatable bonds is 14. The highest BCUT2D eigenvalue weighted by Crippen LogP contribution is 1.94. The van der Waals surface area contributed by atoms with Gasteiger partial charge in [0.05, 0.1) is 0 Å². The summed E-state index contributed by atoms with van der Waals surface area (Å²) in [7, 11) is 1.82. The summed E-state index contributed by atoms with van der Waals surface area (Å²) in [5, 5.41) is 6.70. The molecule has 0 aliphatic carbocycles. The molecule has 0 saturated carbocycles. The minimum Gasteiger partial charge on any atom is -0.381 e. The molecule has 0 spiro atoms. The number of ether oxygens (including phenoxy) is 1. The molecule has 2 N–H and O–H groups in total. The maximum Gasteiger partial charge on any atom is 0.190 e. The zero-order chi connectivity index (χ0) is 16.5. The number of aliphatic imine (C=N–C) groups is 1. The summed E-state index contributed by atoms with van der Waals surface area (Å²) < 4.78 is 5.54. The molecule has 0 unspecified atom stereocenters. The lowest BCUT2D eigenvalue weighted by molar-refractivity contribution is 0.129. The maximum atomic E-state index is 5.54. The predicted molar refractivity (Wildman–Crippen MR) is 96.7 cm³/mol. The van der Waals surface area contributed by atoms with Gasteiger partial charge in [0.2, 0.25) is 0 Å². The first-order valence-corrected chi connectivity index (χ1v) is 9.03. The molecule has 0 aliphatic heterocycles. The van der Waals surface area contributed by atoms with Crippen molar-refractivity contribution in [3.8, 4) is 0 Å². The number of nitrogens with zero attached hydrogens (tertiary/aromatic N) is 2. The van der Waals surface area contributed by atoms with Crippen LogP contribution in [0, 0.1) is 0 Å². The fourth-order valence-electron chi connectivity index (χ4n) is 2.16. The first-order chi connectivity index (χ1) is 10.8. The topological polar surface area (TPSA) is 48.9 Å². The van der Waals surface area contributed by atoms with Crippen LogP contribution in [0.25, 0.3) is 0 Å². The molecule has 0 aromatic rings. The summed E-state index contributed by atoms with van der Waals surface area (Å²) >= 11 is 0. The van der Waals surface area contributed by atoms with Crippen molar-refractivity contribution in [3.63, 3.8) is 0 Å². The molecule has 5 nitrogen and oxygen atoms in total. The van der Waals surface area contributed by atoms with E-state index < -0.39 is 0 Å². The molecule has 0 bridgehead atoms. The summed E-state index contributed by atoms with van der Waals surface area (Å²) in [4.78, 5) is 6.71. The predicted octanol–water partition coefficient (Wildman–Crippen LogP) is 2.48. The van der Waals surface area contributed by atoms with Gasteiger partial charge in [0, 0.05) is 33.4 Å². The number of nitrogens with one attached hydrogen (secondary N) is 2. The number of unbranched alkanes of at least 4 members (excludes halogenated alkanes) is 2. The Morgan fingerprint density at radius 2 is 1.55 bits per heavy atom. The zero-order valence-electron chi connectivity index (χ0n) is 15.3. The molecule has 0 radical (unpaired) electrons. The van der Waals surface area contributed by atoms with E-state index in [0.717, 1.165) is 58.2 Å². The monoisotopic (exact) mass is 314 g/mol. The highest BCUT2D eigenvalue weighted by molar-refractivity contribution is 5.79. The van der Waals surface area contributed by atoms with Crippen LogP contribution in [0.4, 0.5) is 0 Å². The molecule has 22 heavy (non-hydrogen) atoms. The van der Waals surface area contributed by atoms with Gasteiger partial charge in [-0.1, -0.05) is 27.2 Å². The van der Waals surface area contributed by atoms with Crippen LogP contribution in [0.5, 0.6) is 0 Å². The van der Waals surface area contributed by atoms with Crippen molar-refractivity contribution < 1.29 is 4.74 Å². The molecule has 0 saturated heterocycles. The van der Waals surface area contributed by atoms with E-state index in [2.05, 4.69) is 41.3 Å². The van der Waals surface area contributed by atoms with Gasteiger partial charge in [-0.25, -0.2) is 0 Å². The maximum absolute atomic E-state index is 5.54. The first-order valence-electron chi connectivity index (χ1n) is 9.03. The van der Waals surface area contributed by atoms with Gasteiger partial charge in [0.15, 0.2) is 5.96 Å². The van der Waals surface area contributed by atoms with E-state index in [1.54, 1.807) is 0 Å². The number of hydrogen-bond acceptors (Lipinski definition) is 3. The largest absolute Gasteiger partial charge is 0.381 e. The normalized spacial score (nSPS) is 12.0. The van der Waals surface area contributed by atoms with Crippen LogP contribution < -0.4 is 10.6 Å². The van der Waals surface area contributed by atoms with Crippen molar-refractivity contribution in [3.05, 3.63) is 0 Å². The Morgan fingerprint density at radius 3 is 2.14 bits per heavy atom. The number of guanidine groups is 1. The Hall–Kier alpha value is -0.810. The van der Waals surface area contributed by atoms with Gasteiger partial charge < -0.3 is 20.3 Å². The van der Waals surface area contributed by atoms with Gasteiger partial charge in [0.25, 0.3) is 0 Å². The standard InChI is InChI=1S/C17H38N4O/c1-5-8-15-22-16-11-13-20-17(18-4)19-12-9-10-14-21(6-2)7-3/h5-16H2,1-4H3,(H2,18,19,20). The fraction of sp³-hybridized carbons (Fsp3) is 0.941. The lowest BCUT2D eigenvalue weighted by Crippen LogP contribution is -2.38.